The van der Waals surface area contributed by atoms with Crippen molar-refractivity contribution in [3.8, 4) is 0 Å². The van der Waals surface area contributed by atoms with Crippen molar-refractivity contribution in [3.63, 3.8) is 0 Å². The molecule has 0 aliphatic carbocycles. The molecule has 0 radical (unpaired) electrons. The maximum absolute atomic E-state index is 11.6. The molecule has 0 unspecified atom stereocenters. The summed E-state index contributed by atoms with van der Waals surface area (Å²) in [6.07, 6.45) is 4.15. The van der Waals surface area contributed by atoms with Crippen LogP contribution in [0.25, 0.3) is 4.72 Å². The van der Waals surface area contributed by atoms with Crippen LogP contribution in [0.2, 0.25) is 0 Å². The van der Waals surface area contributed by atoms with Gasteiger partial charge in [0, 0.05) is 25.5 Å². The number of fused-ring (bicyclic) bond motifs is 1. The van der Waals surface area contributed by atoms with Crippen molar-refractivity contribution in [2.24, 2.45) is 10.2 Å². The topological polar surface area (TPSA) is 102 Å². The van der Waals surface area contributed by atoms with Crippen LogP contribution >= 0.6 is 11.3 Å². The predicted octanol–water partition coefficient (Wildman–Crippen LogP) is 4.33. The summed E-state index contributed by atoms with van der Waals surface area (Å²) in [5.41, 5.74) is 4.38. The normalized spacial score (nSPS) is 14.7. The second-order valence-corrected chi connectivity index (χ2v) is 8.05. The molecule has 1 aliphatic rings. The van der Waals surface area contributed by atoms with Crippen molar-refractivity contribution in [2.75, 3.05) is 24.7 Å². The van der Waals surface area contributed by atoms with Crippen LogP contribution in [0, 0.1) is 0 Å². The average Bonchev–Trinajstić information content (AvgIpc) is 2.96. The van der Waals surface area contributed by atoms with Gasteiger partial charge >= 0.3 is 0 Å². The van der Waals surface area contributed by atoms with Crippen molar-refractivity contribution in [3.05, 3.63) is 27.9 Å². The SMILES string of the molecule is C.CN1CCCCc2cc(N=Nc3nncs3)c([N-]S(C)(=O)=O)cc21. The minimum atomic E-state index is -3.55. The number of aromatic nitrogens is 2. The molecule has 1 aliphatic heterocycles. The molecular weight excluding hydrogens is 360 g/mol. The third-order valence-electron chi connectivity index (χ3n) is 3.63. The fourth-order valence-electron chi connectivity index (χ4n) is 2.59. The number of hydrogen-bond donors (Lipinski definition) is 0. The molecule has 0 saturated carbocycles. The third-order valence-corrected chi connectivity index (χ3v) is 4.73. The van der Waals surface area contributed by atoms with Gasteiger partial charge in [-0.2, -0.15) is 0 Å². The van der Waals surface area contributed by atoms with Gasteiger partial charge in [-0.15, -0.1) is 20.4 Å². The Morgan fingerprint density at radius 2 is 2.08 bits per heavy atom. The van der Waals surface area contributed by atoms with Gasteiger partial charge in [0.25, 0.3) is 5.13 Å². The lowest BCUT2D eigenvalue weighted by molar-refractivity contribution is 0.609. The van der Waals surface area contributed by atoms with Crippen LogP contribution in [0.5, 0.6) is 0 Å². The van der Waals surface area contributed by atoms with E-state index < -0.39 is 10.0 Å². The van der Waals surface area contributed by atoms with Crippen LogP contribution in [-0.2, 0) is 16.4 Å². The van der Waals surface area contributed by atoms with Gasteiger partial charge in [0.05, 0.1) is 15.7 Å². The molecular formula is C15H21N6O2S2-. The number of nitrogens with zero attached hydrogens (tertiary/aromatic N) is 6. The fourth-order valence-corrected chi connectivity index (χ4v) is 3.46. The number of azo groups is 1. The summed E-state index contributed by atoms with van der Waals surface area (Å²) in [4.78, 5) is 2.12. The Kier molecular flexibility index (Phi) is 6.07. The van der Waals surface area contributed by atoms with E-state index in [0.717, 1.165) is 43.3 Å². The zero-order valence-corrected chi connectivity index (χ0v) is 15.0. The van der Waals surface area contributed by atoms with E-state index in [4.69, 9.17) is 0 Å². The third kappa shape index (κ3) is 4.95. The summed E-state index contributed by atoms with van der Waals surface area (Å²) in [6.45, 7) is 0.928. The Hall–Kier alpha value is -2.07. The van der Waals surface area contributed by atoms with Crippen molar-refractivity contribution < 1.29 is 8.42 Å². The number of rotatable bonds is 4. The summed E-state index contributed by atoms with van der Waals surface area (Å²) >= 11 is 1.25. The molecule has 0 atom stereocenters. The number of anilines is 1. The molecule has 1 aromatic carbocycles. The first kappa shape index (κ1) is 19.3. The molecule has 136 valence electrons. The monoisotopic (exact) mass is 381 g/mol. The Balaban J connectivity index is 0.00000225. The molecule has 8 nitrogen and oxygen atoms in total. The van der Waals surface area contributed by atoms with Gasteiger partial charge < -0.3 is 9.62 Å². The van der Waals surface area contributed by atoms with E-state index in [1.54, 1.807) is 11.6 Å². The zero-order chi connectivity index (χ0) is 17.2. The summed E-state index contributed by atoms with van der Waals surface area (Å²) in [5, 5.41) is 16.1. The second-order valence-electron chi connectivity index (χ2n) is 5.59. The van der Waals surface area contributed by atoms with Crippen molar-refractivity contribution >= 4 is 43.6 Å². The molecule has 25 heavy (non-hydrogen) atoms. The van der Waals surface area contributed by atoms with E-state index >= 15 is 0 Å². The summed E-state index contributed by atoms with van der Waals surface area (Å²) in [6, 6.07) is 3.64. The highest BCUT2D eigenvalue weighted by atomic mass is 32.2. The summed E-state index contributed by atoms with van der Waals surface area (Å²) in [7, 11) is -1.55. The molecule has 2 aromatic rings. The smallest absolute Gasteiger partial charge is 0.251 e. The van der Waals surface area contributed by atoms with Crippen molar-refractivity contribution in [1.82, 2.24) is 10.2 Å². The van der Waals surface area contributed by atoms with E-state index in [-0.39, 0.29) is 7.43 Å². The van der Waals surface area contributed by atoms with Crippen molar-refractivity contribution in [2.45, 2.75) is 26.7 Å². The van der Waals surface area contributed by atoms with E-state index in [9.17, 15) is 8.42 Å². The highest BCUT2D eigenvalue weighted by Crippen LogP contribution is 2.41. The lowest BCUT2D eigenvalue weighted by Crippen LogP contribution is -2.17. The number of benzene rings is 1. The van der Waals surface area contributed by atoms with E-state index in [1.807, 2.05) is 13.1 Å². The van der Waals surface area contributed by atoms with Crippen LogP contribution in [0.15, 0.2) is 27.9 Å². The lowest BCUT2D eigenvalue weighted by atomic mass is 10.1. The predicted molar refractivity (Wildman–Crippen MR) is 101 cm³/mol. The molecule has 0 N–H and O–H groups in total. The van der Waals surface area contributed by atoms with Gasteiger partial charge in [-0.1, -0.05) is 30.5 Å². The lowest BCUT2D eigenvalue weighted by Gasteiger charge is -2.26. The molecule has 3 rings (SSSR count). The zero-order valence-electron chi connectivity index (χ0n) is 13.4. The Morgan fingerprint density at radius 3 is 2.76 bits per heavy atom. The molecule has 0 spiro atoms. The Bertz CT molecular complexity index is 849. The van der Waals surface area contributed by atoms with Crippen LogP contribution in [0.1, 0.15) is 25.8 Å². The molecule has 0 bridgehead atoms. The quantitative estimate of drug-likeness (QED) is 0.734. The minimum Gasteiger partial charge on any atom is -0.575 e. The number of sulfonamides is 1. The first-order valence-corrected chi connectivity index (χ1v) is 10.1. The largest absolute Gasteiger partial charge is 0.575 e. The van der Waals surface area contributed by atoms with Gasteiger partial charge in [-0.05, 0) is 30.9 Å². The Morgan fingerprint density at radius 1 is 1.28 bits per heavy atom. The second kappa shape index (κ2) is 7.87. The van der Waals surface area contributed by atoms with Crippen LogP contribution < -0.4 is 4.90 Å². The molecule has 0 amide bonds. The maximum Gasteiger partial charge on any atom is 0.251 e. The molecule has 1 aromatic heterocycles. The molecule has 0 fully saturated rings. The first-order chi connectivity index (χ1) is 11.4. The van der Waals surface area contributed by atoms with Gasteiger partial charge in [-0.3, -0.25) is 0 Å². The van der Waals surface area contributed by atoms with E-state index in [0.29, 0.717) is 16.5 Å². The van der Waals surface area contributed by atoms with Gasteiger partial charge in [-0.25, -0.2) is 8.42 Å². The Labute approximate surface area is 152 Å². The number of hydrogen-bond acceptors (Lipinski definition) is 8. The first-order valence-electron chi connectivity index (χ1n) is 7.41. The standard InChI is InChI=1S/C14H17N6O2S2.CH4/c1-20-6-4-3-5-10-7-11(16-18-14-17-15-9-23-14)12(8-13(10)20)19-24(2,21)22;/h7-9H,3-6H2,1-2H3;1H4/q-1;. The fraction of sp³-hybridized carbons (Fsp3) is 0.467. The number of aryl methyl sites for hydroxylation is 1. The summed E-state index contributed by atoms with van der Waals surface area (Å²) < 4.78 is 27.1. The van der Waals surface area contributed by atoms with Gasteiger partial charge in [0.1, 0.15) is 5.51 Å². The van der Waals surface area contributed by atoms with Gasteiger partial charge in [0.2, 0.25) is 0 Å². The van der Waals surface area contributed by atoms with Crippen molar-refractivity contribution in [1.29, 1.82) is 0 Å². The van der Waals surface area contributed by atoms with E-state index in [2.05, 4.69) is 30.0 Å². The van der Waals surface area contributed by atoms with Crippen LogP contribution in [0.3, 0.4) is 0 Å². The van der Waals surface area contributed by atoms with Crippen LogP contribution in [-0.4, -0.2) is 38.5 Å². The maximum atomic E-state index is 11.6. The summed E-state index contributed by atoms with van der Waals surface area (Å²) in [5.74, 6) is 0. The molecule has 10 heteroatoms. The van der Waals surface area contributed by atoms with Crippen LogP contribution in [0.4, 0.5) is 22.2 Å². The highest BCUT2D eigenvalue weighted by Gasteiger charge is 2.14. The minimum absolute atomic E-state index is 0. The average molecular weight is 382 g/mol. The molecule has 0 saturated heterocycles. The van der Waals surface area contributed by atoms with E-state index in [1.165, 1.54) is 11.3 Å². The molecule has 2 heterocycles. The van der Waals surface area contributed by atoms with Gasteiger partial charge in [0.15, 0.2) is 0 Å². The highest BCUT2D eigenvalue weighted by molar-refractivity contribution is 7.93.